The predicted octanol–water partition coefficient (Wildman–Crippen LogP) is -0.0790. The number of carbonyl (C=O) groups excluding carboxylic acids is 1. The maximum atomic E-state index is 12.7. The van der Waals surface area contributed by atoms with E-state index in [-0.39, 0.29) is 11.8 Å². The average Bonchev–Trinajstić information content (AvgIpc) is 2.81. The highest BCUT2D eigenvalue weighted by atomic mass is 16.5. The van der Waals surface area contributed by atoms with Gasteiger partial charge in [0.2, 0.25) is 5.91 Å². The fourth-order valence-corrected chi connectivity index (χ4v) is 3.06. The first-order valence-corrected chi connectivity index (χ1v) is 6.80. The van der Waals surface area contributed by atoms with Gasteiger partial charge < -0.3 is 20.5 Å². The maximum absolute atomic E-state index is 12.7. The van der Waals surface area contributed by atoms with Crippen LogP contribution in [0, 0.1) is 17.3 Å². The molecular formula is C13H22N2O4. The summed E-state index contributed by atoms with van der Waals surface area (Å²) in [5.41, 5.74) is 5.27. The molecule has 1 amide bonds. The number of amides is 1. The molecule has 2 aliphatic rings. The van der Waals surface area contributed by atoms with E-state index < -0.39 is 17.3 Å². The molecule has 0 aromatic heterocycles. The molecule has 2 rings (SSSR count). The van der Waals surface area contributed by atoms with E-state index in [1.807, 2.05) is 6.92 Å². The van der Waals surface area contributed by atoms with Crippen LogP contribution in [-0.2, 0) is 14.3 Å². The molecule has 0 aliphatic carbocycles. The molecule has 2 aliphatic heterocycles. The van der Waals surface area contributed by atoms with Crippen molar-refractivity contribution in [3.63, 3.8) is 0 Å². The van der Waals surface area contributed by atoms with E-state index in [2.05, 4.69) is 0 Å². The third kappa shape index (κ3) is 2.60. The minimum Gasteiger partial charge on any atom is -0.481 e. The van der Waals surface area contributed by atoms with Crippen LogP contribution < -0.4 is 5.73 Å². The first-order valence-electron chi connectivity index (χ1n) is 6.80. The van der Waals surface area contributed by atoms with Gasteiger partial charge in [-0.25, -0.2) is 0 Å². The summed E-state index contributed by atoms with van der Waals surface area (Å²) in [6, 6.07) is 0. The maximum Gasteiger partial charge on any atom is 0.308 e. The van der Waals surface area contributed by atoms with Crippen molar-refractivity contribution in [1.82, 2.24) is 4.90 Å². The second-order valence-corrected chi connectivity index (χ2v) is 5.73. The Balaban J connectivity index is 2.09. The first-order chi connectivity index (χ1) is 9.00. The first kappa shape index (κ1) is 14.3. The molecule has 0 saturated carbocycles. The molecule has 0 bridgehead atoms. The minimum absolute atomic E-state index is 0.00360. The lowest BCUT2D eigenvalue weighted by Crippen LogP contribution is -2.50. The highest BCUT2D eigenvalue weighted by molar-refractivity contribution is 5.84. The lowest BCUT2D eigenvalue weighted by Gasteiger charge is -2.37. The van der Waals surface area contributed by atoms with Crippen LogP contribution in [0.5, 0.6) is 0 Å². The van der Waals surface area contributed by atoms with Crippen LogP contribution >= 0.6 is 0 Å². The molecule has 0 aromatic rings. The fraction of sp³-hybridized carbons (Fsp3) is 0.846. The van der Waals surface area contributed by atoms with E-state index in [9.17, 15) is 9.59 Å². The summed E-state index contributed by atoms with van der Waals surface area (Å²) < 4.78 is 5.30. The Bertz CT molecular complexity index is 366. The van der Waals surface area contributed by atoms with Gasteiger partial charge in [0.05, 0.1) is 11.3 Å². The Morgan fingerprint density at radius 2 is 2.00 bits per heavy atom. The summed E-state index contributed by atoms with van der Waals surface area (Å²) in [5.74, 6) is -1.28. The summed E-state index contributed by atoms with van der Waals surface area (Å²) >= 11 is 0. The number of rotatable bonds is 3. The van der Waals surface area contributed by atoms with Crippen LogP contribution in [0.15, 0.2) is 0 Å². The number of carboxylic acid groups (broad SMARTS) is 1. The third-order valence-corrected chi connectivity index (χ3v) is 4.51. The molecule has 2 heterocycles. The molecule has 0 aromatic carbocycles. The summed E-state index contributed by atoms with van der Waals surface area (Å²) in [7, 11) is 0. The van der Waals surface area contributed by atoms with Gasteiger partial charge in [-0.3, -0.25) is 9.59 Å². The van der Waals surface area contributed by atoms with Gasteiger partial charge >= 0.3 is 5.97 Å². The number of ether oxygens (including phenoxy) is 1. The Hall–Kier alpha value is -1.14. The van der Waals surface area contributed by atoms with Crippen molar-refractivity contribution >= 4 is 11.9 Å². The normalized spacial score (nSPS) is 30.3. The van der Waals surface area contributed by atoms with Crippen molar-refractivity contribution in [3.05, 3.63) is 0 Å². The van der Waals surface area contributed by atoms with Gasteiger partial charge in [-0.05, 0) is 18.8 Å². The molecule has 6 nitrogen and oxygen atoms in total. The zero-order chi connectivity index (χ0) is 14.0. The van der Waals surface area contributed by atoms with Gasteiger partial charge in [-0.15, -0.1) is 0 Å². The molecule has 0 radical (unpaired) electrons. The molecule has 108 valence electrons. The molecule has 2 saturated heterocycles. The summed E-state index contributed by atoms with van der Waals surface area (Å²) in [4.78, 5) is 25.5. The van der Waals surface area contributed by atoms with Gasteiger partial charge in [-0.2, -0.15) is 0 Å². The van der Waals surface area contributed by atoms with Crippen molar-refractivity contribution in [2.45, 2.75) is 19.8 Å². The zero-order valence-electron chi connectivity index (χ0n) is 11.3. The van der Waals surface area contributed by atoms with Crippen LogP contribution in [0.1, 0.15) is 19.8 Å². The third-order valence-electron chi connectivity index (χ3n) is 4.51. The van der Waals surface area contributed by atoms with Crippen LogP contribution in [0.4, 0.5) is 0 Å². The van der Waals surface area contributed by atoms with Crippen LogP contribution in [0.25, 0.3) is 0 Å². The number of hydrogen-bond donors (Lipinski definition) is 2. The molecule has 0 unspecified atom stereocenters. The van der Waals surface area contributed by atoms with Gasteiger partial charge in [0, 0.05) is 32.8 Å². The molecule has 6 heteroatoms. The Morgan fingerprint density at radius 3 is 2.47 bits per heavy atom. The molecule has 3 N–H and O–H groups in total. The number of hydrogen-bond acceptors (Lipinski definition) is 4. The molecular weight excluding hydrogens is 248 g/mol. The lowest BCUT2D eigenvalue weighted by molar-refractivity contribution is -0.147. The predicted molar refractivity (Wildman–Crippen MR) is 68.4 cm³/mol. The van der Waals surface area contributed by atoms with Crippen LogP contribution in [0.2, 0.25) is 0 Å². The Labute approximate surface area is 112 Å². The highest BCUT2D eigenvalue weighted by Gasteiger charge is 2.45. The fourth-order valence-electron chi connectivity index (χ4n) is 3.06. The SMILES string of the molecule is C[C@@H]1CN(C(=O)C2(CN)CCOCC2)C[C@H]1C(=O)O. The van der Waals surface area contributed by atoms with Crippen molar-refractivity contribution in [2.24, 2.45) is 23.0 Å². The summed E-state index contributed by atoms with van der Waals surface area (Å²) in [6.45, 7) is 4.10. The standard InChI is InChI=1S/C13H22N2O4/c1-9-6-15(7-10(9)11(16)17)12(18)13(8-14)2-4-19-5-3-13/h9-10H,2-8,14H2,1H3,(H,16,17)/t9-,10-/m1/s1. The topological polar surface area (TPSA) is 92.9 Å². The minimum atomic E-state index is -0.823. The number of likely N-dealkylation sites (tertiary alicyclic amines) is 1. The van der Waals surface area contributed by atoms with Gasteiger partial charge in [-0.1, -0.05) is 6.92 Å². The van der Waals surface area contributed by atoms with Crippen molar-refractivity contribution in [2.75, 3.05) is 32.8 Å². The summed E-state index contributed by atoms with van der Waals surface area (Å²) in [5, 5.41) is 9.13. The van der Waals surface area contributed by atoms with E-state index in [0.717, 1.165) is 0 Å². The number of aliphatic carboxylic acids is 1. The van der Waals surface area contributed by atoms with Crippen LogP contribution in [0.3, 0.4) is 0 Å². The van der Waals surface area contributed by atoms with Gasteiger partial charge in [0.25, 0.3) is 0 Å². The van der Waals surface area contributed by atoms with E-state index in [1.54, 1.807) is 4.90 Å². The van der Waals surface area contributed by atoms with Crippen molar-refractivity contribution in [3.8, 4) is 0 Å². The average molecular weight is 270 g/mol. The second kappa shape index (κ2) is 5.46. The van der Waals surface area contributed by atoms with E-state index >= 15 is 0 Å². The number of carbonyl (C=O) groups is 2. The Morgan fingerprint density at radius 1 is 1.37 bits per heavy atom. The Kier molecular flexibility index (Phi) is 4.10. The lowest BCUT2D eigenvalue weighted by atomic mass is 9.79. The molecule has 19 heavy (non-hydrogen) atoms. The monoisotopic (exact) mass is 270 g/mol. The number of carboxylic acids is 1. The summed E-state index contributed by atoms with van der Waals surface area (Å²) in [6.07, 6.45) is 1.26. The highest BCUT2D eigenvalue weighted by Crippen LogP contribution is 2.34. The van der Waals surface area contributed by atoms with E-state index in [4.69, 9.17) is 15.6 Å². The van der Waals surface area contributed by atoms with Gasteiger partial charge in [0.1, 0.15) is 0 Å². The molecule has 2 fully saturated rings. The van der Waals surface area contributed by atoms with Crippen molar-refractivity contribution < 1.29 is 19.4 Å². The smallest absolute Gasteiger partial charge is 0.308 e. The van der Waals surface area contributed by atoms with Crippen LogP contribution in [-0.4, -0.2) is 54.7 Å². The largest absolute Gasteiger partial charge is 0.481 e. The zero-order valence-corrected chi connectivity index (χ0v) is 11.3. The molecule has 2 atom stereocenters. The van der Waals surface area contributed by atoms with E-state index in [0.29, 0.717) is 45.7 Å². The number of nitrogens with two attached hydrogens (primary N) is 1. The van der Waals surface area contributed by atoms with Crippen molar-refractivity contribution in [1.29, 1.82) is 0 Å². The van der Waals surface area contributed by atoms with E-state index in [1.165, 1.54) is 0 Å². The quantitative estimate of drug-likeness (QED) is 0.748. The van der Waals surface area contributed by atoms with Gasteiger partial charge in [0.15, 0.2) is 0 Å². The second-order valence-electron chi connectivity index (χ2n) is 5.73. The number of nitrogens with zero attached hydrogens (tertiary/aromatic N) is 1. The molecule has 0 spiro atoms.